The van der Waals surface area contributed by atoms with Crippen molar-refractivity contribution in [3.05, 3.63) is 45.4 Å². The van der Waals surface area contributed by atoms with Crippen LogP contribution in [-0.4, -0.2) is 77.9 Å². The lowest BCUT2D eigenvalue weighted by molar-refractivity contribution is -0.122. The fraction of sp³-hybridized carbons (Fsp3) is 0.500. The van der Waals surface area contributed by atoms with Crippen molar-refractivity contribution in [3.63, 3.8) is 0 Å². The van der Waals surface area contributed by atoms with Gasteiger partial charge in [0.1, 0.15) is 5.82 Å². The first-order valence-corrected chi connectivity index (χ1v) is 13.7. The highest BCUT2D eigenvalue weighted by molar-refractivity contribution is 7.18. The monoisotopic (exact) mass is 549 g/mol. The molecule has 2 aromatic rings. The Hall–Kier alpha value is -2.53. The summed E-state index contributed by atoms with van der Waals surface area (Å²) in [4.78, 5) is 44.6. The maximum absolute atomic E-state index is 15.0. The highest BCUT2D eigenvalue weighted by atomic mass is 35.5. The molecule has 2 N–H and O–H groups in total. The number of thiophene rings is 1. The van der Waals surface area contributed by atoms with Crippen molar-refractivity contribution in [2.45, 2.75) is 58.3 Å². The normalized spacial score (nSPS) is 21.2. The van der Waals surface area contributed by atoms with Crippen LogP contribution in [0.15, 0.2) is 30.3 Å². The summed E-state index contributed by atoms with van der Waals surface area (Å²) in [7, 11) is 0. The molecular weight excluding hydrogens is 517 g/mol. The average molecular weight is 550 g/mol. The minimum absolute atomic E-state index is 0.0524. The van der Waals surface area contributed by atoms with Gasteiger partial charge in [0.2, 0.25) is 11.8 Å². The quantitative estimate of drug-likeness (QED) is 0.548. The molecule has 2 saturated heterocycles. The number of rotatable bonds is 7. The Bertz CT molecular complexity index is 1170. The van der Waals surface area contributed by atoms with Crippen molar-refractivity contribution in [2.24, 2.45) is 0 Å². The SMILES string of the molecule is CC(C)N1CCN(c2ccc(NC(=O)[C@@H]3C[C@H](NC(=O)c4ccc(Cl)s4)CN3C(C)C)c(F)c2)C(=O)C1. The van der Waals surface area contributed by atoms with E-state index in [2.05, 4.69) is 15.5 Å². The standard InChI is InChI=1S/C26H33ClFN5O3S/c1-15(2)31-9-10-32(24(34)14-31)18-5-6-20(19(28)12-18)30-25(35)21-11-17(13-33(21)16(3)4)29-26(36)22-7-8-23(27)37-22/h5-8,12,15-17,21H,9-11,13-14H2,1-4H3,(H,29,36)(H,30,35)/t17-,21-/m0/s1. The molecule has 2 aliphatic rings. The maximum Gasteiger partial charge on any atom is 0.261 e. The molecule has 3 amide bonds. The van der Waals surface area contributed by atoms with Gasteiger partial charge in [0, 0.05) is 43.4 Å². The Labute approximate surface area is 225 Å². The summed E-state index contributed by atoms with van der Waals surface area (Å²) in [6, 6.07) is 7.36. The summed E-state index contributed by atoms with van der Waals surface area (Å²) in [6.07, 6.45) is 0.406. The number of carbonyl (C=O) groups excluding carboxylic acids is 3. The number of carbonyl (C=O) groups is 3. The molecule has 0 aliphatic carbocycles. The number of likely N-dealkylation sites (tertiary alicyclic amines) is 1. The maximum atomic E-state index is 15.0. The van der Waals surface area contributed by atoms with Crippen LogP contribution in [0, 0.1) is 5.82 Å². The molecule has 200 valence electrons. The molecule has 37 heavy (non-hydrogen) atoms. The van der Waals surface area contributed by atoms with E-state index in [9.17, 15) is 14.4 Å². The number of halogens is 2. The zero-order chi connectivity index (χ0) is 26.9. The zero-order valence-corrected chi connectivity index (χ0v) is 23.0. The van der Waals surface area contributed by atoms with E-state index < -0.39 is 11.9 Å². The van der Waals surface area contributed by atoms with Gasteiger partial charge in [0.25, 0.3) is 5.91 Å². The molecule has 11 heteroatoms. The summed E-state index contributed by atoms with van der Waals surface area (Å²) in [5, 5.41) is 5.70. The fourth-order valence-electron chi connectivity index (χ4n) is 4.88. The highest BCUT2D eigenvalue weighted by Crippen LogP contribution is 2.27. The van der Waals surface area contributed by atoms with E-state index in [1.54, 1.807) is 23.1 Å². The Morgan fingerprint density at radius 2 is 1.86 bits per heavy atom. The number of piperazine rings is 1. The van der Waals surface area contributed by atoms with Gasteiger partial charge >= 0.3 is 0 Å². The topological polar surface area (TPSA) is 85.0 Å². The summed E-state index contributed by atoms with van der Waals surface area (Å²) in [6.45, 7) is 10.0. The number of hydrogen-bond acceptors (Lipinski definition) is 6. The van der Waals surface area contributed by atoms with Gasteiger partial charge in [-0.25, -0.2) is 4.39 Å². The van der Waals surface area contributed by atoms with Crippen LogP contribution in [0.1, 0.15) is 43.8 Å². The summed E-state index contributed by atoms with van der Waals surface area (Å²) in [5.41, 5.74) is 0.538. The van der Waals surface area contributed by atoms with E-state index >= 15 is 4.39 Å². The first-order valence-electron chi connectivity index (χ1n) is 12.5. The van der Waals surface area contributed by atoms with E-state index in [-0.39, 0.29) is 41.5 Å². The minimum atomic E-state index is -0.599. The molecule has 8 nitrogen and oxygen atoms in total. The smallest absolute Gasteiger partial charge is 0.261 e. The summed E-state index contributed by atoms with van der Waals surface area (Å²) < 4.78 is 15.6. The Morgan fingerprint density at radius 1 is 1.11 bits per heavy atom. The van der Waals surface area contributed by atoms with Gasteiger partial charge in [0.05, 0.1) is 27.5 Å². The highest BCUT2D eigenvalue weighted by Gasteiger charge is 2.39. The van der Waals surface area contributed by atoms with Crippen LogP contribution in [0.2, 0.25) is 4.34 Å². The van der Waals surface area contributed by atoms with Gasteiger partial charge in [-0.1, -0.05) is 11.6 Å². The Kier molecular flexibility index (Phi) is 8.52. The fourth-order valence-corrected chi connectivity index (χ4v) is 5.83. The van der Waals surface area contributed by atoms with E-state index in [1.165, 1.54) is 23.5 Å². The zero-order valence-electron chi connectivity index (χ0n) is 21.5. The first kappa shape index (κ1) is 27.5. The van der Waals surface area contributed by atoms with E-state index in [0.29, 0.717) is 47.5 Å². The van der Waals surface area contributed by atoms with Gasteiger partial charge in [-0.2, -0.15) is 0 Å². The number of hydrogen-bond donors (Lipinski definition) is 2. The van der Waals surface area contributed by atoms with Crippen molar-refractivity contribution in [3.8, 4) is 0 Å². The minimum Gasteiger partial charge on any atom is -0.347 e. The Morgan fingerprint density at radius 3 is 2.46 bits per heavy atom. The van der Waals surface area contributed by atoms with Crippen LogP contribution in [0.4, 0.5) is 15.8 Å². The molecule has 0 saturated carbocycles. The molecule has 2 aliphatic heterocycles. The third-order valence-corrected chi connectivity index (χ3v) is 8.17. The van der Waals surface area contributed by atoms with Gasteiger partial charge in [-0.3, -0.25) is 24.2 Å². The first-order chi connectivity index (χ1) is 17.5. The van der Waals surface area contributed by atoms with E-state index in [4.69, 9.17) is 11.6 Å². The van der Waals surface area contributed by atoms with Crippen LogP contribution < -0.4 is 15.5 Å². The average Bonchev–Trinajstić information content (AvgIpc) is 3.47. The molecule has 4 rings (SSSR count). The van der Waals surface area contributed by atoms with Crippen LogP contribution in [0.25, 0.3) is 0 Å². The Balaban J connectivity index is 1.40. The molecular formula is C26H33ClFN5O3S. The molecule has 1 aromatic carbocycles. The number of anilines is 2. The van der Waals surface area contributed by atoms with Gasteiger partial charge in [0.15, 0.2) is 0 Å². The number of nitrogens with one attached hydrogen (secondary N) is 2. The van der Waals surface area contributed by atoms with Crippen LogP contribution in [0.5, 0.6) is 0 Å². The molecule has 0 bridgehead atoms. The molecule has 0 spiro atoms. The molecule has 2 atom stereocenters. The second-order valence-corrected chi connectivity index (χ2v) is 11.8. The van der Waals surface area contributed by atoms with Crippen LogP contribution >= 0.6 is 22.9 Å². The van der Waals surface area contributed by atoms with Crippen molar-refractivity contribution >= 4 is 52.0 Å². The number of benzene rings is 1. The molecule has 3 heterocycles. The van der Waals surface area contributed by atoms with Crippen LogP contribution in [-0.2, 0) is 9.59 Å². The van der Waals surface area contributed by atoms with Gasteiger partial charge in [-0.05, 0) is 64.4 Å². The summed E-state index contributed by atoms with van der Waals surface area (Å²) >= 11 is 7.15. The van der Waals surface area contributed by atoms with Crippen molar-refractivity contribution in [1.29, 1.82) is 0 Å². The number of nitrogens with zero attached hydrogens (tertiary/aromatic N) is 3. The molecule has 0 unspecified atom stereocenters. The van der Waals surface area contributed by atoms with E-state index in [1.807, 2.05) is 32.6 Å². The van der Waals surface area contributed by atoms with Crippen molar-refractivity contribution in [2.75, 3.05) is 36.4 Å². The largest absolute Gasteiger partial charge is 0.347 e. The second-order valence-electron chi connectivity index (χ2n) is 10.1. The predicted octanol–water partition coefficient (Wildman–Crippen LogP) is 3.82. The summed E-state index contributed by atoms with van der Waals surface area (Å²) in [5.74, 6) is -1.24. The second kappa shape index (κ2) is 11.5. The lowest BCUT2D eigenvalue weighted by atomic mass is 10.1. The lowest BCUT2D eigenvalue weighted by Crippen LogP contribution is -2.52. The third kappa shape index (κ3) is 6.31. The number of amides is 3. The third-order valence-electron chi connectivity index (χ3n) is 6.94. The van der Waals surface area contributed by atoms with Gasteiger partial charge in [-0.15, -0.1) is 11.3 Å². The predicted molar refractivity (Wildman–Crippen MR) is 145 cm³/mol. The lowest BCUT2D eigenvalue weighted by Gasteiger charge is -2.36. The van der Waals surface area contributed by atoms with Gasteiger partial charge < -0.3 is 15.5 Å². The molecule has 2 fully saturated rings. The van der Waals surface area contributed by atoms with E-state index in [0.717, 1.165) is 0 Å². The molecule has 0 radical (unpaired) electrons. The molecule has 1 aromatic heterocycles. The van der Waals surface area contributed by atoms with Crippen molar-refractivity contribution < 1.29 is 18.8 Å². The van der Waals surface area contributed by atoms with Crippen molar-refractivity contribution in [1.82, 2.24) is 15.1 Å². The van der Waals surface area contributed by atoms with Crippen LogP contribution in [0.3, 0.4) is 0 Å².